The Bertz CT molecular complexity index is 886. The van der Waals surface area contributed by atoms with E-state index < -0.39 is 11.9 Å². The second kappa shape index (κ2) is 9.27. The highest BCUT2D eigenvalue weighted by molar-refractivity contribution is 5.95. The van der Waals surface area contributed by atoms with E-state index in [0.29, 0.717) is 18.0 Å². The monoisotopic (exact) mass is 401 g/mol. The van der Waals surface area contributed by atoms with E-state index in [1.807, 2.05) is 19.9 Å². The van der Waals surface area contributed by atoms with E-state index in [2.05, 4.69) is 16.0 Å². The summed E-state index contributed by atoms with van der Waals surface area (Å²) in [7, 11) is 0. The highest BCUT2D eigenvalue weighted by Crippen LogP contribution is 2.37. The lowest BCUT2D eigenvalue weighted by Crippen LogP contribution is -2.39. The first-order valence-electron chi connectivity index (χ1n) is 9.47. The molecule has 0 saturated heterocycles. The highest BCUT2D eigenvalue weighted by atomic mass is 19.1. The SMILES string of the molecule is CCOc1cc2c(cc1NC(=O)CNC(=O)NCc1ccc(F)cc1)OC(C)C2. The molecule has 0 radical (unpaired) electrons. The Morgan fingerprint density at radius 3 is 2.69 bits per heavy atom. The molecule has 1 aliphatic heterocycles. The third kappa shape index (κ3) is 5.60. The van der Waals surface area contributed by atoms with E-state index in [1.165, 1.54) is 12.1 Å². The largest absolute Gasteiger partial charge is 0.492 e. The summed E-state index contributed by atoms with van der Waals surface area (Å²) >= 11 is 0. The van der Waals surface area contributed by atoms with Gasteiger partial charge in [0.15, 0.2) is 0 Å². The molecule has 7 nitrogen and oxygen atoms in total. The smallest absolute Gasteiger partial charge is 0.315 e. The number of anilines is 1. The molecular weight excluding hydrogens is 377 g/mol. The molecule has 0 aliphatic carbocycles. The van der Waals surface area contributed by atoms with Crippen molar-refractivity contribution in [1.29, 1.82) is 0 Å². The molecule has 0 saturated carbocycles. The molecule has 2 aromatic rings. The predicted molar refractivity (Wildman–Crippen MR) is 107 cm³/mol. The molecule has 3 amide bonds. The number of fused-ring (bicyclic) bond motifs is 1. The molecule has 3 rings (SSSR count). The first-order chi connectivity index (χ1) is 13.9. The second-order valence-electron chi connectivity index (χ2n) is 6.73. The van der Waals surface area contributed by atoms with E-state index >= 15 is 0 Å². The minimum atomic E-state index is -0.499. The Morgan fingerprint density at radius 1 is 1.21 bits per heavy atom. The van der Waals surface area contributed by atoms with Crippen molar-refractivity contribution >= 4 is 17.6 Å². The van der Waals surface area contributed by atoms with Gasteiger partial charge in [-0.1, -0.05) is 12.1 Å². The van der Waals surface area contributed by atoms with Gasteiger partial charge in [0.25, 0.3) is 0 Å². The van der Waals surface area contributed by atoms with Gasteiger partial charge in [0.05, 0.1) is 18.8 Å². The molecule has 0 fully saturated rings. The van der Waals surface area contributed by atoms with Gasteiger partial charge < -0.3 is 25.4 Å². The maximum atomic E-state index is 12.9. The van der Waals surface area contributed by atoms with Crippen LogP contribution in [0, 0.1) is 5.82 Å². The normalized spacial score (nSPS) is 14.5. The number of urea groups is 1. The fraction of sp³-hybridized carbons (Fsp3) is 0.333. The highest BCUT2D eigenvalue weighted by Gasteiger charge is 2.22. The van der Waals surface area contributed by atoms with Crippen molar-refractivity contribution in [3.8, 4) is 11.5 Å². The summed E-state index contributed by atoms with van der Waals surface area (Å²) in [5, 5.41) is 7.85. The number of ether oxygens (including phenoxy) is 2. The molecule has 0 bridgehead atoms. The lowest BCUT2D eigenvalue weighted by atomic mass is 10.1. The van der Waals surface area contributed by atoms with Crippen LogP contribution in [-0.2, 0) is 17.8 Å². The quantitative estimate of drug-likeness (QED) is 0.666. The van der Waals surface area contributed by atoms with Gasteiger partial charge in [-0.25, -0.2) is 9.18 Å². The summed E-state index contributed by atoms with van der Waals surface area (Å²) in [5.74, 6) is 0.556. The number of carbonyl (C=O) groups is 2. The Labute approximate surface area is 168 Å². The Balaban J connectivity index is 1.51. The van der Waals surface area contributed by atoms with Crippen LogP contribution in [0.1, 0.15) is 25.0 Å². The first kappa shape index (κ1) is 20.4. The average Bonchev–Trinajstić information content (AvgIpc) is 3.05. The summed E-state index contributed by atoms with van der Waals surface area (Å²) < 4.78 is 24.2. The van der Waals surface area contributed by atoms with Gasteiger partial charge in [0.1, 0.15) is 23.4 Å². The minimum Gasteiger partial charge on any atom is -0.492 e. The van der Waals surface area contributed by atoms with Crippen LogP contribution >= 0.6 is 0 Å². The fourth-order valence-electron chi connectivity index (χ4n) is 3.01. The van der Waals surface area contributed by atoms with Crippen LogP contribution in [0.15, 0.2) is 36.4 Å². The van der Waals surface area contributed by atoms with E-state index in [9.17, 15) is 14.0 Å². The van der Waals surface area contributed by atoms with E-state index in [-0.39, 0.29) is 25.0 Å². The van der Waals surface area contributed by atoms with Crippen molar-refractivity contribution in [2.45, 2.75) is 32.9 Å². The summed E-state index contributed by atoms with van der Waals surface area (Å²) in [4.78, 5) is 24.1. The minimum absolute atomic E-state index is 0.0805. The molecular formula is C21H24FN3O4. The summed E-state index contributed by atoms with van der Waals surface area (Å²) in [6.07, 6.45) is 0.872. The van der Waals surface area contributed by atoms with Crippen molar-refractivity contribution in [2.24, 2.45) is 0 Å². The van der Waals surface area contributed by atoms with Crippen LogP contribution in [0.25, 0.3) is 0 Å². The van der Waals surface area contributed by atoms with Crippen molar-refractivity contribution in [2.75, 3.05) is 18.5 Å². The second-order valence-corrected chi connectivity index (χ2v) is 6.73. The van der Waals surface area contributed by atoms with Crippen LogP contribution in [0.2, 0.25) is 0 Å². The molecule has 29 heavy (non-hydrogen) atoms. The van der Waals surface area contributed by atoms with Crippen molar-refractivity contribution < 1.29 is 23.5 Å². The number of nitrogens with one attached hydrogen (secondary N) is 3. The molecule has 1 atom stereocenters. The number of amides is 3. The Hall–Kier alpha value is -3.29. The van der Waals surface area contributed by atoms with E-state index in [1.54, 1.807) is 18.2 Å². The Morgan fingerprint density at radius 2 is 1.97 bits per heavy atom. The number of carbonyl (C=O) groups excluding carboxylic acids is 2. The molecule has 2 aromatic carbocycles. The van der Waals surface area contributed by atoms with Gasteiger partial charge in [0, 0.05) is 24.6 Å². The van der Waals surface area contributed by atoms with Crippen LogP contribution in [0.5, 0.6) is 11.5 Å². The van der Waals surface area contributed by atoms with Gasteiger partial charge in [-0.3, -0.25) is 4.79 Å². The molecule has 154 valence electrons. The zero-order valence-electron chi connectivity index (χ0n) is 16.4. The molecule has 0 spiro atoms. The molecule has 8 heteroatoms. The van der Waals surface area contributed by atoms with E-state index in [0.717, 1.165) is 23.3 Å². The van der Waals surface area contributed by atoms with Gasteiger partial charge in [0.2, 0.25) is 5.91 Å². The van der Waals surface area contributed by atoms with Crippen LogP contribution in [-0.4, -0.2) is 31.2 Å². The zero-order chi connectivity index (χ0) is 20.8. The van der Waals surface area contributed by atoms with Crippen molar-refractivity contribution in [1.82, 2.24) is 10.6 Å². The van der Waals surface area contributed by atoms with Crippen molar-refractivity contribution in [3.05, 3.63) is 53.3 Å². The predicted octanol–water partition coefficient (Wildman–Crippen LogP) is 2.99. The van der Waals surface area contributed by atoms with Gasteiger partial charge >= 0.3 is 6.03 Å². The van der Waals surface area contributed by atoms with Gasteiger partial charge in [-0.15, -0.1) is 0 Å². The molecule has 3 N–H and O–H groups in total. The lowest BCUT2D eigenvalue weighted by molar-refractivity contribution is -0.115. The number of hydrogen-bond donors (Lipinski definition) is 3. The summed E-state index contributed by atoms with van der Waals surface area (Å²) in [6.45, 7) is 4.32. The Kier molecular flexibility index (Phi) is 6.54. The maximum Gasteiger partial charge on any atom is 0.315 e. The topological polar surface area (TPSA) is 88.7 Å². The van der Waals surface area contributed by atoms with Gasteiger partial charge in [-0.05, 0) is 37.6 Å². The number of halogens is 1. The average molecular weight is 401 g/mol. The zero-order valence-corrected chi connectivity index (χ0v) is 16.4. The third-order valence-electron chi connectivity index (χ3n) is 4.35. The molecule has 1 unspecified atom stereocenters. The first-order valence-corrected chi connectivity index (χ1v) is 9.47. The third-order valence-corrected chi connectivity index (χ3v) is 4.35. The number of hydrogen-bond acceptors (Lipinski definition) is 4. The fourth-order valence-corrected chi connectivity index (χ4v) is 3.01. The number of rotatable bonds is 7. The lowest BCUT2D eigenvalue weighted by Gasteiger charge is -2.14. The van der Waals surface area contributed by atoms with E-state index in [4.69, 9.17) is 9.47 Å². The molecule has 1 aliphatic rings. The molecule has 0 aromatic heterocycles. The number of benzene rings is 2. The summed E-state index contributed by atoms with van der Waals surface area (Å²) in [6, 6.07) is 8.92. The van der Waals surface area contributed by atoms with Crippen LogP contribution in [0.3, 0.4) is 0 Å². The molecule has 1 heterocycles. The standard InChI is InChI=1S/C21H24FN3O4/c1-3-28-19-9-15-8-13(2)29-18(15)10-17(19)25-20(26)12-24-21(27)23-11-14-4-6-16(22)7-5-14/h4-7,9-10,13H,3,8,11-12H2,1-2H3,(H,25,26)(H2,23,24,27). The van der Waals surface area contributed by atoms with Crippen LogP contribution < -0.4 is 25.4 Å². The van der Waals surface area contributed by atoms with Crippen molar-refractivity contribution in [3.63, 3.8) is 0 Å². The maximum absolute atomic E-state index is 12.9. The van der Waals surface area contributed by atoms with Gasteiger partial charge in [-0.2, -0.15) is 0 Å². The van der Waals surface area contributed by atoms with Crippen LogP contribution in [0.4, 0.5) is 14.9 Å². The summed E-state index contributed by atoms with van der Waals surface area (Å²) in [5.41, 5.74) is 2.29.